The van der Waals surface area contributed by atoms with Gasteiger partial charge in [0, 0.05) is 17.1 Å². The molecule has 1 aromatic heterocycles. The summed E-state index contributed by atoms with van der Waals surface area (Å²) in [4.78, 5) is 4.98. The maximum Gasteiger partial charge on any atom is 0.0783 e. The number of rotatable bonds is 4. The van der Waals surface area contributed by atoms with Gasteiger partial charge in [0.25, 0.3) is 0 Å². The third-order valence-electron chi connectivity index (χ3n) is 6.61. The lowest BCUT2D eigenvalue weighted by atomic mass is 9.88. The van der Waals surface area contributed by atoms with E-state index in [1.165, 1.54) is 55.3 Å². The first-order valence-corrected chi connectivity index (χ1v) is 11.6. The van der Waals surface area contributed by atoms with Gasteiger partial charge in [0.1, 0.15) is 0 Å². The average molecular weight is 406 g/mol. The number of hydrogen-bond donors (Lipinski definition) is 0. The molecule has 1 nitrogen and oxygen atoms in total. The Morgan fingerprint density at radius 1 is 0.839 bits per heavy atom. The number of pyridine rings is 1. The fourth-order valence-corrected chi connectivity index (χ4v) is 5.13. The topological polar surface area (TPSA) is 12.9 Å². The molecule has 1 aliphatic rings. The van der Waals surface area contributed by atoms with Crippen LogP contribution in [0.1, 0.15) is 61.4 Å². The van der Waals surface area contributed by atoms with Crippen LogP contribution in [0.3, 0.4) is 0 Å². The van der Waals surface area contributed by atoms with Crippen LogP contribution in [0.5, 0.6) is 0 Å². The molecule has 31 heavy (non-hydrogen) atoms. The second kappa shape index (κ2) is 7.64. The lowest BCUT2D eigenvalue weighted by Crippen LogP contribution is -2.00. The number of benzene rings is 3. The molecule has 0 fully saturated rings. The summed E-state index contributed by atoms with van der Waals surface area (Å²) in [5, 5.41) is 2.65. The van der Waals surface area contributed by atoms with E-state index in [0.29, 0.717) is 11.8 Å². The zero-order valence-electron chi connectivity index (χ0n) is 19.3. The largest absolute Gasteiger partial charge is 0.256 e. The highest BCUT2D eigenvalue weighted by molar-refractivity contribution is 5.99. The summed E-state index contributed by atoms with van der Waals surface area (Å²) in [6.45, 7) is 11.4. The maximum absolute atomic E-state index is 4.98. The van der Waals surface area contributed by atoms with Gasteiger partial charge in [-0.2, -0.15) is 0 Å². The van der Waals surface area contributed by atoms with Crippen molar-refractivity contribution in [3.05, 3.63) is 88.6 Å². The molecule has 4 aromatic rings. The van der Waals surface area contributed by atoms with Crippen molar-refractivity contribution in [2.24, 2.45) is 5.92 Å². The highest BCUT2D eigenvalue weighted by Gasteiger charge is 2.24. The standard InChI is InChI=1S/C30H31N/c1-18(2)12-23-15-22(19(3)4)17-29-25(23)10-11-31-30(29)28-14-20(5)13-26-24-9-7-6-8-21(24)16-27(26)28/h6-11,13-15,17-19H,12,16H2,1-5H3. The fourth-order valence-electron chi connectivity index (χ4n) is 5.13. The fraction of sp³-hybridized carbons (Fsp3) is 0.300. The van der Waals surface area contributed by atoms with Crippen LogP contribution in [0.15, 0.2) is 60.8 Å². The monoisotopic (exact) mass is 405 g/mol. The molecule has 1 heterocycles. The minimum absolute atomic E-state index is 0.496. The van der Waals surface area contributed by atoms with E-state index in [2.05, 4.69) is 89.2 Å². The molecule has 0 saturated heterocycles. The van der Waals surface area contributed by atoms with Crippen LogP contribution in [-0.2, 0) is 12.8 Å². The summed E-state index contributed by atoms with van der Waals surface area (Å²) in [6.07, 6.45) is 4.09. The molecule has 0 saturated carbocycles. The van der Waals surface area contributed by atoms with E-state index in [1.54, 1.807) is 0 Å². The first kappa shape index (κ1) is 20.0. The van der Waals surface area contributed by atoms with E-state index in [1.807, 2.05) is 6.20 Å². The summed E-state index contributed by atoms with van der Waals surface area (Å²) in [6, 6.07) is 20.6. The Morgan fingerprint density at radius 2 is 1.61 bits per heavy atom. The van der Waals surface area contributed by atoms with E-state index in [9.17, 15) is 0 Å². The minimum Gasteiger partial charge on any atom is -0.256 e. The van der Waals surface area contributed by atoms with Crippen LogP contribution in [-0.4, -0.2) is 4.98 Å². The van der Waals surface area contributed by atoms with Gasteiger partial charge in [-0.3, -0.25) is 4.98 Å². The SMILES string of the molecule is Cc1cc2c(c(-c3nccc4c(CC(C)C)cc(C(C)C)cc34)c1)Cc1ccccc1-2. The Hall–Kier alpha value is -2.93. The molecule has 1 aliphatic carbocycles. The van der Waals surface area contributed by atoms with Gasteiger partial charge >= 0.3 is 0 Å². The molecule has 0 radical (unpaired) electrons. The van der Waals surface area contributed by atoms with E-state index >= 15 is 0 Å². The van der Waals surface area contributed by atoms with Crippen molar-refractivity contribution >= 4 is 10.8 Å². The molecule has 0 aliphatic heterocycles. The molecule has 156 valence electrons. The van der Waals surface area contributed by atoms with Gasteiger partial charge in [-0.05, 0) is 94.1 Å². The lowest BCUT2D eigenvalue weighted by Gasteiger charge is -2.18. The number of aryl methyl sites for hydroxylation is 1. The van der Waals surface area contributed by atoms with Gasteiger partial charge < -0.3 is 0 Å². The maximum atomic E-state index is 4.98. The number of aromatic nitrogens is 1. The average Bonchev–Trinajstić information content (AvgIpc) is 3.11. The summed E-state index contributed by atoms with van der Waals surface area (Å²) < 4.78 is 0. The second-order valence-corrected chi connectivity index (χ2v) is 9.86. The summed E-state index contributed by atoms with van der Waals surface area (Å²) in [5.41, 5.74) is 12.2. The molecule has 0 N–H and O–H groups in total. The van der Waals surface area contributed by atoms with Crippen LogP contribution in [0, 0.1) is 12.8 Å². The third-order valence-corrected chi connectivity index (χ3v) is 6.61. The van der Waals surface area contributed by atoms with Crippen LogP contribution in [0.4, 0.5) is 0 Å². The summed E-state index contributed by atoms with van der Waals surface area (Å²) in [7, 11) is 0. The van der Waals surface area contributed by atoms with Crippen LogP contribution in [0.2, 0.25) is 0 Å². The highest BCUT2D eigenvalue weighted by atomic mass is 14.7. The first-order chi connectivity index (χ1) is 14.9. The molecular formula is C30H31N. The Labute approximate surface area is 186 Å². The molecular weight excluding hydrogens is 374 g/mol. The summed E-state index contributed by atoms with van der Waals surface area (Å²) in [5.74, 6) is 1.12. The number of fused-ring (bicyclic) bond motifs is 4. The zero-order chi connectivity index (χ0) is 21.7. The lowest BCUT2D eigenvalue weighted by molar-refractivity contribution is 0.649. The van der Waals surface area contributed by atoms with Crippen molar-refractivity contribution in [3.63, 3.8) is 0 Å². The highest BCUT2D eigenvalue weighted by Crippen LogP contribution is 2.43. The molecule has 0 amide bonds. The van der Waals surface area contributed by atoms with Gasteiger partial charge in [0.2, 0.25) is 0 Å². The second-order valence-electron chi connectivity index (χ2n) is 9.86. The summed E-state index contributed by atoms with van der Waals surface area (Å²) >= 11 is 0. The normalized spacial score (nSPS) is 12.6. The molecule has 0 unspecified atom stereocenters. The third kappa shape index (κ3) is 3.47. The molecule has 0 bridgehead atoms. The molecule has 5 rings (SSSR count). The Kier molecular flexibility index (Phi) is 4.93. The van der Waals surface area contributed by atoms with Crippen LogP contribution < -0.4 is 0 Å². The smallest absolute Gasteiger partial charge is 0.0783 e. The molecule has 0 atom stereocenters. The van der Waals surface area contributed by atoms with Crippen molar-refractivity contribution < 1.29 is 0 Å². The van der Waals surface area contributed by atoms with Crippen LogP contribution in [0.25, 0.3) is 33.2 Å². The van der Waals surface area contributed by atoms with Crippen molar-refractivity contribution in [2.75, 3.05) is 0 Å². The Balaban J connectivity index is 1.79. The van der Waals surface area contributed by atoms with Crippen molar-refractivity contribution in [3.8, 4) is 22.4 Å². The minimum atomic E-state index is 0.496. The number of nitrogens with zero attached hydrogens (tertiary/aromatic N) is 1. The van der Waals surface area contributed by atoms with Gasteiger partial charge in [0.15, 0.2) is 0 Å². The van der Waals surface area contributed by atoms with Gasteiger partial charge in [-0.1, -0.05) is 64.1 Å². The molecule has 1 heteroatoms. The predicted molar refractivity (Wildman–Crippen MR) is 133 cm³/mol. The zero-order valence-corrected chi connectivity index (χ0v) is 19.3. The van der Waals surface area contributed by atoms with Gasteiger partial charge in [0.05, 0.1) is 5.69 Å². The molecule has 3 aromatic carbocycles. The number of hydrogen-bond acceptors (Lipinski definition) is 1. The van der Waals surface area contributed by atoms with Crippen LogP contribution >= 0.6 is 0 Å². The van der Waals surface area contributed by atoms with E-state index in [-0.39, 0.29) is 0 Å². The van der Waals surface area contributed by atoms with E-state index in [4.69, 9.17) is 4.98 Å². The Morgan fingerprint density at radius 3 is 2.39 bits per heavy atom. The molecule has 0 spiro atoms. The van der Waals surface area contributed by atoms with Crippen molar-refractivity contribution in [1.82, 2.24) is 4.98 Å². The van der Waals surface area contributed by atoms with Gasteiger partial charge in [-0.15, -0.1) is 0 Å². The van der Waals surface area contributed by atoms with E-state index in [0.717, 1.165) is 18.5 Å². The van der Waals surface area contributed by atoms with Crippen molar-refractivity contribution in [1.29, 1.82) is 0 Å². The predicted octanol–water partition coefficient (Wildman–Crippen LogP) is 8.10. The van der Waals surface area contributed by atoms with Gasteiger partial charge in [-0.25, -0.2) is 0 Å². The Bertz CT molecular complexity index is 1290. The first-order valence-electron chi connectivity index (χ1n) is 11.6. The van der Waals surface area contributed by atoms with Crippen molar-refractivity contribution in [2.45, 2.75) is 53.4 Å². The van der Waals surface area contributed by atoms with E-state index < -0.39 is 0 Å². The quantitative estimate of drug-likeness (QED) is 0.294.